The maximum absolute atomic E-state index is 13.2. The Morgan fingerprint density at radius 2 is 1.68 bits per heavy atom. The maximum Gasteiger partial charge on any atom is 0.257 e. The van der Waals surface area contributed by atoms with Crippen LogP contribution in [0.15, 0.2) is 41.3 Å². The summed E-state index contributed by atoms with van der Waals surface area (Å²) in [5.41, 5.74) is 1.16. The molecule has 0 aliphatic carbocycles. The lowest BCUT2D eigenvalue weighted by molar-refractivity contribution is 0.0694. The zero-order valence-electron chi connectivity index (χ0n) is 18.2. The van der Waals surface area contributed by atoms with Crippen molar-refractivity contribution >= 4 is 15.9 Å². The van der Waals surface area contributed by atoms with Gasteiger partial charge in [-0.15, -0.1) is 0 Å². The van der Waals surface area contributed by atoms with Gasteiger partial charge in [-0.1, -0.05) is 19.9 Å². The first kappa shape index (κ1) is 22.9. The van der Waals surface area contributed by atoms with Crippen LogP contribution in [0, 0.1) is 0 Å². The van der Waals surface area contributed by atoms with Gasteiger partial charge in [0.15, 0.2) is 0 Å². The molecule has 2 aromatic rings. The molecular weight excluding hydrogens is 420 g/mol. The van der Waals surface area contributed by atoms with Gasteiger partial charge in [0.1, 0.15) is 22.1 Å². The molecule has 0 aromatic heterocycles. The van der Waals surface area contributed by atoms with Crippen molar-refractivity contribution in [3.63, 3.8) is 0 Å². The highest BCUT2D eigenvalue weighted by atomic mass is 32.2. The van der Waals surface area contributed by atoms with Crippen molar-refractivity contribution in [1.29, 1.82) is 0 Å². The number of piperazine rings is 1. The summed E-state index contributed by atoms with van der Waals surface area (Å²) in [6, 6.07) is 9.67. The third-order valence-electron chi connectivity index (χ3n) is 5.43. The van der Waals surface area contributed by atoms with Crippen LogP contribution in [0.3, 0.4) is 0 Å². The Labute approximate surface area is 183 Å². The number of methoxy groups -OCH3 is 2. The van der Waals surface area contributed by atoms with E-state index in [4.69, 9.17) is 9.47 Å². The first-order valence-electron chi connectivity index (χ1n) is 10.0. The van der Waals surface area contributed by atoms with Gasteiger partial charge in [0.05, 0.1) is 19.8 Å². The van der Waals surface area contributed by atoms with E-state index in [0.29, 0.717) is 5.75 Å². The molecule has 1 aliphatic rings. The van der Waals surface area contributed by atoms with E-state index >= 15 is 0 Å². The number of phenols is 1. The Bertz CT molecular complexity index is 1060. The lowest BCUT2D eigenvalue weighted by atomic mass is 10.0. The molecule has 168 valence electrons. The Morgan fingerprint density at radius 1 is 1.00 bits per heavy atom. The van der Waals surface area contributed by atoms with Crippen molar-refractivity contribution in [3.8, 4) is 17.2 Å². The van der Waals surface area contributed by atoms with Crippen molar-refractivity contribution in [2.75, 3.05) is 40.4 Å². The van der Waals surface area contributed by atoms with E-state index in [2.05, 4.69) is 0 Å². The fraction of sp³-hybridized carbons (Fsp3) is 0.409. The van der Waals surface area contributed by atoms with Crippen LogP contribution in [-0.4, -0.2) is 69.0 Å². The molecule has 3 rings (SSSR count). The third kappa shape index (κ3) is 4.62. The molecule has 0 bridgehead atoms. The van der Waals surface area contributed by atoms with Crippen LogP contribution in [0.2, 0.25) is 0 Å². The average molecular weight is 449 g/mol. The van der Waals surface area contributed by atoms with Gasteiger partial charge in [-0.3, -0.25) is 4.79 Å². The minimum atomic E-state index is -3.83. The molecule has 31 heavy (non-hydrogen) atoms. The Morgan fingerprint density at radius 3 is 2.23 bits per heavy atom. The molecule has 0 atom stereocenters. The zero-order valence-corrected chi connectivity index (χ0v) is 19.0. The molecule has 8 nitrogen and oxygen atoms in total. The molecule has 1 N–H and O–H groups in total. The molecule has 0 spiro atoms. The van der Waals surface area contributed by atoms with Crippen LogP contribution in [0.4, 0.5) is 0 Å². The predicted molar refractivity (Wildman–Crippen MR) is 116 cm³/mol. The molecule has 1 saturated heterocycles. The van der Waals surface area contributed by atoms with Crippen molar-refractivity contribution < 1.29 is 27.8 Å². The standard InChI is InChI=1S/C22H28N2O6S/c1-15(2)16-5-7-18(19(25)13-16)22(26)23-9-11-24(12-10-23)31(27,28)21-14-17(29-3)6-8-20(21)30-4/h5-8,13-15,25H,9-12H2,1-4H3. The van der Waals surface area contributed by atoms with Crippen LogP contribution in [0.5, 0.6) is 17.2 Å². The molecule has 1 fully saturated rings. The Balaban J connectivity index is 1.75. The van der Waals surface area contributed by atoms with Crippen molar-refractivity contribution in [1.82, 2.24) is 9.21 Å². The minimum absolute atomic E-state index is 0.0241. The van der Waals surface area contributed by atoms with Crippen molar-refractivity contribution in [2.45, 2.75) is 24.7 Å². The lowest BCUT2D eigenvalue weighted by Gasteiger charge is -2.34. The number of hydrogen-bond acceptors (Lipinski definition) is 6. The van der Waals surface area contributed by atoms with Gasteiger partial charge in [-0.25, -0.2) is 8.42 Å². The summed E-state index contributed by atoms with van der Waals surface area (Å²) in [7, 11) is -0.958. The predicted octanol–water partition coefficient (Wildman–Crippen LogP) is 2.68. The molecule has 1 aliphatic heterocycles. The second-order valence-electron chi connectivity index (χ2n) is 7.64. The number of aromatic hydroxyl groups is 1. The monoisotopic (exact) mass is 448 g/mol. The second kappa shape index (κ2) is 9.15. The van der Waals surface area contributed by atoms with Gasteiger partial charge in [0.2, 0.25) is 10.0 Å². The van der Waals surface area contributed by atoms with Crippen molar-refractivity contribution in [3.05, 3.63) is 47.5 Å². The number of amides is 1. The highest BCUT2D eigenvalue weighted by Gasteiger charge is 2.33. The van der Waals surface area contributed by atoms with Crippen LogP contribution < -0.4 is 9.47 Å². The quantitative estimate of drug-likeness (QED) is 0.730. The largest absolute Gasteiger partial charge is 0.507 e. The first-order chi connectivity index (χ1) is 14.7. The van der Waals surface area contributed by atoms with E-state index in [-0.39, 0.29) is 60.0 Å². The highest BCUT2D eigenvalue weighted by Crippen LogP contribution is 2.31. The normalized spacial score (nSPS) is 15.2. The summed E-state index contributed by atoms with van der Waals surface area (Å²) in [6.45, 7) is 4.73. The number of carbonyl (C=O) groups excluding carboxylic acids is 1. The minimum Gasteiger partial charge on any atom is -0.507 e. The van der Waals surface area contributed by atoms with E-state index in [1.54, 1.807) is 29.2 Å². The fourth-order valence-corrected chi connectivity index (χ4v) is 5.11. The maximum atomic E-state index is 13.2. The molecule has 0 radical (unpaired) electrons. The van der Waals surface area contributed by atoms with Gasteiger partial charge in [0.25, 0.3) is 5.91 Å². The summed E-state index contributed by atoms with van der Waals surface area (Å²) in [5.74, 6) is 0.497. The number of sulfonamides is 1. The fourth-order valence-electron chi connectivity index (χ4n) is 3.52. The van der Waals surface area contributed by atoms with E-state index in [1.807, 2.05) is 19.9 Å². The number of benzene rings is 2. The van der Waals surface area contributed by atoms with Gasteiger partial charge < -0.3 is 19.5 Å². The number of nitrogens with zero attached hydrogens (tertiary/aromatic N) is 2. The van der Waals surface area contributed by atoms with Crippen molar-refractivity contribution in [2.24, 2.45) is 0 Å². The van der Waals surface area contributed by atoms with Gasteiger partial charge in [-0.2, -0.15) is 4.31 Å². The van der Waals surface area contributed by atoms with Crippen LogP contribution in [0.1, 0.15) is 35.7 Å². The molecule has 9 heteroatoms. The summed E-state index contributed by atoms with van der Waals surface area (Å²) in [5, 5.41) is 10.3. The number of rotatable bonds is 6. The molecule has 1 heterocycles. The summed E-state index contributed by atoms with van der Waals surface area (Å²) in [4.78, 5) is 14.5. The number of hydrogen-bond donors (Lipinski definition) is 1. The number of ether oxygens (including phenoxy) is 2. The van der Waals surface area contributed by atoms with E-state index in [0.717, 1.165) is 5.56 Å². The van der Waals surface area contributed by atoms with Gasteiger partial charge in [0, 0.05) is 32.2 Å². The summed E-state index contributed by atoms with van der Waals surface area (Å²) < 4.78 is 38.1. The van der Waals surface area contributed by atoms with Crippen LogP contribution >= 0.6 is 0 Å². The highest BCUT2D eigenvalue weighted by molar-refractivity contribution is 7.89. The van der Waals surface area contributed by atoms with E-state index in [1.165, 1.54) is 24.6 Å². The van der Waals surface area contributed by atoms with Crippen LogP contribution in [-0.2, 0) is 10.0 Å². The molecule has 0 unspecified atom stereocenters. The smallest absolute Gasteiger partial charge is 0.257 e. The van der Waals surface area contributed by atoms with E-state index < -0.39 is 10.0 Å². The SMILES string of the molecule is COc1ccc(OC)c(S(=O)(=O)N2CCN(C(=O)c3ccc(C(C)C)cc3O)CC2)c1. The zero-order chi connectivity index (χ0) is 22.8. The average Bonchev–Trinajstić information content (AvgIpc) is 2.78. The Kier molecular flexibility index (Phi) is 6.76. The van der Waals surface area contributed by atoms with Gasteiger partial charge >= 0.3 is 0 Å². The molecule has 1 amide bonds. The molecule has 0 saturated carbocycles. The third-order valence-corrected chi connectivity index (χ3v) is 7.35. The van der Waals surface area contributed by atoms with Crippen LogP contribution in [0.25, 0.3) is 0 Å². The van der Waals surface area contributed by atoms with Gasteiger partial charge in [-0.05, 0) is 35.7 Å². The summed E-state index contributed by atoms with van der Waals surface area (Å²) in [6.07, 6.45) is 0. The number of carbonyl (C=O) groups is 1. The first-order valence-corrected chi connectivity index (χ1v) is 11.5. The topological polar surface area (TPSA) is 96.4 Å². The second-order valence-corrected chi connectivity index (χ2v) is 9.55. The molecular formula is C22H28N2O6S. The lowest BCUT2D eigenvalue weighted by Crippen LogP contribution is -2.50. The number of phenolic OH excluding ortho intramolecular Hbond substituents is 1. The molecule has 2 aromatic carbocycles. The Hall–Kier alpha value is -2.78. The summed E-state index contributed by atoms with van der Waals surface area (Å²) >= 11 is 0. The van der Waals surface area contributed by atoms with E-state index in [9.17, 15) is 18.3 Å².